The summed E-state index contributed by atoms with van der Waals surface area (Å²) in [5.41, 5.74) is 3.38. The second-order valence-electron chi connectivity index (χ2n) is 11.3. The van der Waals surface area contributed by atoms with Gasteiger partial charge in [-0.3, -0.25) is 4.79 Å². The highest BCUT2D eigenvalue weighted by molar-refractivity contribution is 5.94. The summed E-state index contributed by atoms with van der Waals surface area (Å²) < 4.78 is 6.30. The van der Waals surface area contributed by atoms with Crippen molar-refractivity contribution in [3.63, 3.8) is 0 Å². The monoisotopic (exact) mass is 550 g/mol. The normalized spacial score (nSPS) is 21.0. The molecule has 41 heavy (non-hydrogen) atoms. The smallest absolute Gasteiger partial charge is 0.318 e. The van der Waals surface area contributed by atoms with Crippen molar-refractivity contribution in [3.05, 3.63) is 66.4 Å². The number of anilines is 2. The van der Waals surface area contributed by atoms with E-state index < -0.39 is 0 Å². The standard InChI is InChI=1S/C33H38N6O2/c1-4-10-25-21-38(19-20-39(25)31(40)5-2)32-28-16-18-37(30-15-8-12-24-11-6-7-14-27(24)30)22-29(28)34-33(35-32)41-23-26-13-9-17-36(26)3/h1,5-8,11-12,14-15,25-26H,2,9-10,13,16-23H2,3H3/t25?,26-/m0/s1. The molecule has 4 heterocycles. The lowest BCUT2D eigenvalue weighted by atomic mass is 10.0. The zero-order chi connectivity index (χ0) is 28.3. The third kappa shape index (κ3) is 5.47. The molecule has 3 aliphatic rings. The van der Waals surface area contributed by atoms with E-state index in [1.807, 2.05) is 4.90 Å². The van der Waals surface area contributed by atoms with Crippen LogP contribution in [0.15, 0.2) is 55.1 Å². The van der Waals surface area contributed by atoms with Crippen molar-refractivity contribution in [3.8, 4) is 18.4 Å². The summed E-state index contributed by atoms with van der Waals surface area (Å²) in [7, 11) is 2.15. The quantitative estimate of drug-likeness (QED) is 0.327. The second kappa shape index (κ2) is 11.8. The highest BCUT2D eigenvalue weighted by Crippen LogP contribution is 2.35. The molecule has 2 saturated heterocycles. The number of likely N-dealkylation sites (N-methyl/N-ethyl adjacent to an activating group) is 1. The maximum absolute atomic E-state index is 12.5. The fourth-order valence-electron chi connectivity index (χ4n) is 6.53. The van der Waals surface area contributed by atoms with Crippen LogP contribution in [0.1, 0.15) is 30.5 Å². The van der Waals surface area contributed by atoms with Crippen molar-refractivity contribution in [1.82, 2.24) is 19.8 Å². The molecule has 2 aromatic carbocycles. The summed E-state index contributed by atoms with van der Waals surface area (Å²) in [4.78, 5) is 31.4. The zero-order valence-corrected chi connectivity index (χ0v) is 23.8. The molecule has 0 spiro atoms. The molecule has 1 aromatic heterocycles. The molecule has 0 N–H and O–H groups in total. The maximum Gasteiger partial charge on any atom is 0.318 e. The van der Waals surface area contributed by atoms with E-state index in [9.17, 15) is 4.79 Å². The van der Waals surface area contributed by atoms with Gasteiger partial charge in [0.25, 0.3) is 0 Å². The Bertz CT molecular complexity index is 1480. The third-order valence-electron chi connectivity index (χ3n) is 8.80. The van der Waals surface area contributed by atoms with Gasteiger partial charge < -0.3 is 24.3 Å². The van der Waals surface area contributed by atoms with Gasteiger partial charge in [0.2, 0.25) is 5.91 Å². The van der Waals surface area contributed by atoms with E-state index >= 15 is 0 Å². The molecule has 0 radical (unpaired) electrons. The maximum atomic E-state index is 12.5. The van der Waals surface area contributed by atoms with Crippen LogP contribution in [0, 0.1) is 12.3 Å². The van der Waals surface area contributed by atoms with Crippen molar-refractivity contribution < 1.29 is 9.53 Å². The van der Waals surface area contributed by atoms with Crippen LogP contribution in [0.25, 0.3) is 10.8 Å². The van der Waals surface area contributed by atoms with Crippen molar-refractivity contribution in [1.29, 1.82) is 0 Å². The van der Waals surface area contributed by atoms with Crippen LogP contribution in [0.4, 0.5) is 11.5 Å². The number of hydrogen-bond acceptors (Lipinski definition) is 7. The summed E-state index contributed by atoms with van der Waals surface area (Å²) in [6.07, 6.45) is 10.7. The number of piperazine rings is 1. The van der Waals surface area contributed by atoms with Gasteiger partial charge in [0.05, 0.1) is 18.3 Å². The molecule has 2 atom stereocenters. The van der Waals surface area contributed by atoms with Crippen molar-refractivity contribution in [2.75, 3.05) is 56.2 Å². The van der Waals surface area contributed by atoms with E-state index in [0.717, 1.165) is 43.0 Å². The molecule has 1 unspecified atom stereocenters. The van der Waals surface area contributed by atoms with Crippen LogP contribution in [0.3, 0.4) is 0 Å². The highest BCUT2D eigenvalue weighted by atomic mass is 16.5. The SMILES string of the molecule is C#CCC1CN(c2nc(OC[C@@H]3CCCN3C)nc3c2CCN(c2cccc4ccccc24)C3)CCN1C(=O)C=C. The first-order valence-electron chi connectivity index (χ1n) is 14.6. The lowest BCUT2D eigenvalue weighted by Crippen LogP contribution is -2.55. The van der Waals surface area contributed by atoms with Crippen molar-refractivity contribution in [2.24, 2.45) is 0 Å². The van der Waals surface area contributed by atoms with Gasteiger partial charge in [-0.25, -0.2) is 0 Å². The Balaban J connectivity index is 1.33. The molecular formula is C33H38N6O2. The number of likely N-dealkylation sites (tertiary alicyclic amines) is 1. The van der Waals surface area contributed by atoms with Crippen LogP contribution < -0.4 is 14.5 Å². The number of ether oxygens (including phenoxy) is 1. The Labute approximate surface area is 242 Å². The van der Waals surface area contributed by atoms with Gasteiger partial charge in [0.15, 0.2) is 0 Å². The molecule has 0 aliphatic carbocycles. The van der Waals surface area contributed by atoms with Gasteiger partial charge in [-0.1, -0.05) is 43.0 Å². The Kier molecular flexibility index (Phi) is 7.80. The van der Waals surface area contributed by atoms with Crippen LogP contribution >= 0.6 is 0 Å². The first kappa shape index (κ1) is 27.1. The fourth-order valence-corrected chi connectivity index (χ4v) is 6.53. The van der Waals surface area contributed by atoms with Crippen LogP contribution in [0.2, 0.25) is 0 Å². The number of carbonyl (C=O) groups excluding carboxylic acids is 1. The van der Waals surface area contributed by atoms with Gasteiger partial charge in [-0.15, -0.1) is 12.3 Å². The van der Waals surface area contributed by atoms with Gasteiger partial charge in [-0.2, -0.15) is 9.97 Å². The molecule has 212 valence electrons. The molecule has 1 amide bonds. The minimum Gasteiger partial charge on any atom is -0.462 e. The Hall–Kier alpha value is -4.09. The van der Waals surface area contributed by atoms with E-state index in [1.165, 1.54) is 29.0 Å². The minimum absolute atomic E-state index is 0.0787. The number of nitrogens with zero attached hydrogens (tertiary/aromatic N) is 6. The number of aromatic nitrogens is 2. The molecule has 8 nitrogen and oxygen atoms in total. The van der Waals surface area contributed by atoms with E-state index in [0.29, 0.717) is 51.3 Å². The average Bonchev–Trinajstić information content (AvgIpc) is 3.43. The average molecular weight is 551 g/mol. The Morgan fingerprint density at radius 2 is 1.95 bits per heavy atom. The van der Waals surface area contributed by atoms with Crippen molar-refractivity contribution >= 4 is 28.2 Å². The topological polar surface area (TPSA) is 65.0 Å². The van der Waals surface area contributed by atoms with Gasteiger partial charge in [0, 0.05) is 55.3 Å². The fraction of sp³-hybridized carbons (Fsp3) is 0.424. The minimum atomic E-state index is -0.0999. The molecule has 8 heteroatoms. The number of terminal acetylenes is 1. The molecule has 3 aliphatic heterocycles. The summed E-state index contributed by atoms with van der Waals surface area (Å²) in [5, 5.41) is 2.48. The lowest BCUT2D eigenvalue weighted by molar-refractivity contribution is -0.128. The summed E-state index contributed by atoms with van der Waals surface area (Å²) in [5.74, 6) is 3.60. The molecule has 6 rings (SSSR count). The lowest BCUT2D eigenvalue weighted by Gasteiger charge is -2.42. The number of amides is 1. The van der Waals surface area contributed by atoms with Crippen LogP contribution in [-0.4, -0.2) is 84.1 Å². The summed E-state index contributed by atoms with van der Waals surface area (Å²) in [6, 6.07) is 15.7. The highest BCUT2D eigenvalue weighted by Gasteiger charge is 2.33. The first-order chi connectivity index (χ1) is 20.1. The van der Waals surface area contributed by atoms with Crippen LogP contribution in [0.5, 0.6) is 6.01 Å². The van der Waals surface area contributed by atoms with Crippen LogP contribution in [-0.2, 0) is 17.8 Å². The Morgan fingerprint density at radius 3 is 2.76 bits per heavy atom. The number of fused-ring (bicyclic) bond motifs is 2. The Morgan fingerprint density at radius 1 is 1.10 bits per heavy atom. The third-order valence-corrected chi connectivity index (χ3v) is 8.80. The first-order valence-corrected chi connectivity index (χ1v) is 14.6. The second-order valence-corrected chi connectivity index (χ2v) is 11.3. The van der Waals surface area contributed by atoms with E-state index in [1.54, 1.807) is 0 Å². The number of benzene rings is 2. The molecule has 0 saturated carbocycles. The van der Waals surface area contributed by atoms with Crippen molar-refractivity contribution in [2.45, 2.75) is 44.3 Å². The summed E-state index contributed by atoms with van der Waals surface area (Å²) >= 11 is 0. The number of carbonyl (C=O) groups is 1. The molecule has 0 bridgehead atoms. The van der Waals surface area contributed by atoms with E-state index in [2.05, 4.69) is 76.7 Å². The largest absolute Gasteiger partial charge is 0.462 e. The molecular weight excluding hydrogens is 512 g/mol. The van der Waals surface area contributed by atoms with E-state index in [4.69, 9.17) is 21.1 Å². The summed E-state index contributed by atoms with van der Waals surface area (Å²) in [6.45, 7) is 8.75. The van der Waals surface area contributed by atoms with Gasteiger partial charge in [-0.05, 0) is 50.4 Å². The molecule has 2 fully saturated rings. The molecule has 3 aromatic rings. The van der Waals surface area contributed by atoms with Gasteiger partial charge in [0.1, 0.15) is 12.4 Å². The zero-order valence-electron chi connectivity index (χ0n) is 23.8. The predicted octanol–water partition coefficient (Wildman–Crippen LogP) is 3.89. The number of rotatable bonds is 7. The predicted molar refractivity (Wildman–Crippen MR) is 163 cm³/mol. The number of hydrogen-bond donors (Lipinski definition) is 0. The van der Waals surface area contributed by atoms with Gasteiger partial charge >= 0.3 is 6.01 Å². The van der Waals surface area contributed by atoms with E-state index in [-0.39, 0.29) is 11.9 Å².